The highest BCUT2D eigenvalue weighted by atomic mass is 16.5. The van der Waals surface area contributed by atoms with Crippen molar-refractivity contribution in [3.8, 4) is 0 Å². The zero-order chi connectivity index (χ0) is 10.7. The number of rotatable bonds is 3. The Labute approximate surface area is 87.5 Å². The molecule has 2 aromatic rings. The van der Waals surface area contributed by atoms with Crippen LogP contribution >= 0.6 is 0 Å². The average Bonchev–Trinajstić information content (AvgIpc) is 2.62. The molecule has 78 valence electrons. The van der Waals surface area contributed by atoms with Crippen molar-refractivity contribution < 1.29 is 9.53 Å². The van der Waals surface area contributed by atoms with Crippen LogP contribution in [0.3, 0.4) is 0 Å². The van der Waals surface area contributed by atoms with E-state index < -0.39 is 0 Å². The van der Waals surface area contributed by atoms with Gasteiger partial charge in [-0.1, -0.05) is 0 Å². The monoisotopic (exact) mass is 204 g/mol. The predicted molar refractivity (Wildman–Crippen MR) is 56.4 cm³/mol. The van der Waals surface area contributed by atoms with Gasteiger partial charge in [0, 0.05) is 17.8 Å². The van der Waals surface area contributed by atoms with Gasteiger partial charge in [0.25, 0.3) is 0 Å². The van der Waals surface area contributed by atoms with Crippen molar-refractivity contribution in [1.82, 2.24) is 9.55 Å². The normalized spacial score (nSPS) is 10.5. The van der Waals surface area contributed by atoms with Crippen LogP contribution in [0.5, 0.6) is 0 Å². The van der Waals surface area contributed by atoms with Crippen molar-refractivity contribution in [3.63, 3.8) is 0 Å². The first-order valence-corrected chi connectivity index (χ1v) is 4.86. The van der Waals surface area contributed by atoms with E-state index in [4.69, 9.17) is 4.74 Å². The summed E-state index contributed by atoms with van der Waals surface area (Å²) in [6.45, 7) is 2.42. The lowest BCUT2D eigenvalue weighted by atomic mass is 10.3. The van der Waals surface area contributed by atoms with Gasteiger partial charge in [0.1, 0.15) is 12.2 Å². The molecule has 0 atom stereocenters. The van der Waals surface area contributed by atoms with E-state index in [2.05, 4.69) is 4.98 Å². The Bertz CT molecular complexity index is 476. The van der Waals surface area contributed by atoms with E-state index >= 15 is 0 Å². The van der Waals surface area contributed by atoms with Crippen molar-refractivity contribution in [2.75, 3.05) is 6.61 Å². The summed E-state index contributed by atoms with van der Waals surface area (Å²) >= 11 is 0. The van der Waals surface area contributed by atoms with E-state index in [9.17, 15) is 4.79 Å². The van der Waals surface area contributed by atoms with Crippen LogP contribution in [0.2, 0.25) is 0 Å². The summed E-state index contributed by atoms with van der Waals surface area (Å²) in [5.41, 5.74) is 0.811. The zero-order valence-electron chi connectivity index (χ0n) is 8.51. The topological polar surface area (TPSA) is 44.1 Å². The minimum atomic E-state index is -0.236. The highest BCUT2D eigenvalue weighted by molar-refractivity contribution is 5.78. The lowest BCUT2D eigenvalue weighted by molar-refractivity contribution is -0.143. The molecule has 15 heavy (non-hydrogen) atoms. The molecule has 0 amide bonds. The fraction of sp³-hybridized carbons (Fsp3) is 0.273. The van der Waals surface area contributed by atoms with Gasteiger partial charge in [-0.05, 0) is 25.1 Å². The van der Waals surface area contributed by atoms with Crippen LogP contribution in [-0.2, 0) is 16.1 Å². The maximum absolute atomic E-state index is 11.3. The molecule has 0 bridgehead atoms. The van der Waals surface area contributed by atoms with Crippen molar-refractivity contribution in [1.29, 1.82) is 0 Å². The molecular weight excluding hydrogens is 192 g/mol. The third-order valence-corrected chi connectivity index (χ3v) is 2.13. The van der Waals surface area contributed by atoms with Crippen LogP contribution in [0.1, 0.15) is 6.92 Å². The quantitative estimate of drug-likeness (QED) is 0.713. The van der Waals surface area contributed by atoms with Gasteiger partial charge in [-0.25, -0.2) is 4.98 Å². The number of aromatic nitrogens is 2. The molecule has 0 aliphatic rings. The van der Waals surface area contributed by atoms with Crippen molar-refractivity contribution in [2.45, 2.75) is 13.5 Å². The molecule has 0 saturated heterocycles. The Balaban J connectivity index is 2.25. The number of fused-ring (bicyclic) bond motifs is 1. The summed E-state index contributed by atoms with van der Waals surface area (Å²) in [5.74, 6) is -0.236. The molecular formula is C11H12N2O2. The van der Waals surface area contributed by atoms with Crippen LogP contribution in [-0.4, -0.2) is 22.1 Å². The molecule has 4 nitrogen and oxygen atoms in total. The summed E-state index contributed by atoms with van der Waals surface area (Å²) in [6.07, 6.45) is 3.55. The lowest BCUT2D eigenvalue weighted by Crippen LogP contribution is -2.12. The number of hydrogen-bond acceptors (Lipinski definition) is 3. The molecule has 0 unspecified atom stereocenters. The predicted octanol–water partition coefficient (Wildman–Crippen LogP) is 1.60. The molecule has 0 fully saturated rings. The minimum Gasteiger partial charge on any atom is -0.465 e. The van der Waals surface area contributed by atoms with Crippen molar-refractivity contribution in [2.24, 2.45) is 0 Å². The molecule has 2 aromatic heterocycles. The Kier molecular flexibility index (Phi) is 2.67. The van der Waals surface area contributed by atoms with Gasteiger partial charge in [-0.3, -0.25) is 4.79 Å². The number of ether oxygens (including phenoxy) is 1. The summed E-state index contributed by atoms with van der Waals surface area (Å²) in [5, 5.41) is 1.03. The molecule has 0 N–H and O–H groups in total. The fourth-order valence-corrected chi connectivity index (χ4v) is 1.49. The van der Waals surface area contributed by atoms with Crippen molar-refractivity contribution in [3.05, 3.63) is 30.6 Å². The number of pyridine rings is 1. The van der Waals surface area contributed by atoms with E-state index in [0.717, 1.165) is 11.0 Å². The van der Waals surface area contributed by atoms with Gasteiger partial charge in [0.15, 0.2) is 0 Å². The van der Waals surface area contributed by atoms with E-state index in [1.807, 2.05) is 24.4 Å². The summed E-state index contributed by atoms with van der Waals surface area (Å²) in [6, 6.07) is 5.77. The number of carbonyl (C=O) groups excluding carboxylic acids is 1. The average molecular weight is 204 g/mol. The Morgan fingerprint density at radius 2 is 2.40 bits per heavy atom. The Morgan fingerprint density at radius 3 is 3.20 bits per heavy atom. The maximum Gasteiger partial charge on any atom is 0.325 e. The zero-order valence-corrected chi connectivity index (χ0v) is 8.51. The molecule has 0 aliphatic carbocycles. The van der Waals surface area contributed by atoms with Crippen LogP contribution < -0.4 is 0 Å². The van der Waals surface area contributed by atoms with Crippen LogP contribution in [0.4, 0.5) is 0 Å². The highest BCUT2D eigenvalue weighted by Gasteiger charge is 2.06. The van der Waals surface area contributed by atoms with Gasteiger partial charge in [-0.2, -0.15) is 0 Å². The smallest absolute Gasteiger partial charge is 0.325 e. The summed E-state index contributed by atoms with van der Waals surface area (Å²) in [4.78, 5) is 15.5. The van der Waals surface area contributed by atoms with E-state index in [1.165, 1.54) is 0 Å². The van der Waals surface area contributed by atoms with Gasteiger partial charge < -0.3 is 9.30 Å². The van der Waals surface area contributed by atoms with Crippen LogP contribution in [0.15, 0.2) is 30.6 Å². The van der Waals surface area contributed by atoms with E-state index in [1.54, 1.807) is 17.7 Å². The summed E-state index contributed by atoms with van der Waals surface area (Å²) < 4.78 is 6.66. The van der Waals surface area contributed by atoms with E-state index in [0.29, 0.717) is 6.61 Å². The minimum absolute atomic E-state index is 0.217. The Morgan fingerprint density at radius 1 is 1.53 bits per heavy atom. The summed E-state index contributed by atoms with van der Waals surface area (Å²) in [7, 11) is 0. The van der Waals surface area contributed by atoms with Crippen LogP contribution in [0, 0.1) is 0 Å². The third kappa shape index (κ3) is 1.98. The highest BCUT2D eigenvalue weighted by Crippen LogP contribution is 2.11. The Hall–Kier alpha value is -1.84. The molecule has 0 spiro atoms. The maximum atomic E-state index is 11.3. The van der Waals surface area contributed by atoms with E-state index in [-0.39, 0.29) is 12.5 Å². The SMILES string of the molecule is CCOC(=O)Cn1ccc2cccnc21. The molecule has 2 heterocycles. The number of carbonyl (C=O) groups is 1. The largest absolute Gasteiger partial charge is 0.465 e. The van der Waals surface area contributed by atoms with Gasteiger partial charge >= 0.3 is 5.97 Å². The molecule has 0 aromatic carbocycles. The first-order chi connectivity index (χ1) is 7.31. The molecule has 4 heteroatoms. The standard InChI is InChI=1S/C11H12N2O2/c1-2-15-10(14)8-13-7-5-9-4-3-6-12-11(9)13/h3-7H,2,8H2,1H3. The van der Waals surface area contributed by atoms with Gasteiger partial charge in [-0.15, -0.1) is 0 Å². The fourth-order valence-electron chi connectivity index (χ4n) is 1.49. The molecule has 0 saturated carbocycles. The number of nitrogens with zero attached hydrogens (tertiary/aromatic N) is 2. The van der Waals surface area contributed by atoms with Crippen LogP contribution in [0.25, 0.3) is 11.0 Å². The first kappa shape index (κ1) is 9.71. The van der Waals surface area contributed by atoms with Gasteiger partial charge in [0.05, 0.1) is 6.61 Å². The molecule has 0 aliphatic heterocycles. The number of esters is 1. The second-order valence-electron chi connectivity index (χ2n) is 3.16. The first-order valence-electron chi connectivity index (χ1n) is 4.86. The molecule has 2 rings (SSSR count). The lowest BCUT2D eigenvalue weighted by Gasteiger charge is -2.03. The number of hydrogen-bond donors (Lipinski definition) is 0. The third-order valence-electron chi connectivity index (χ3n) is 2.13. The second kappa shape index (κ2) is 4.13. The van der Waals surface area contributed by atoms with Gasteiger partial charge in [0.2, 0.25) is 0 Å². The van der Waals surface area contributed by atoms with Crippen molar-refractivity contribution >= 4 is 17.0 Å². The molecule has 0 radical (unpaired) electrons. The second-order valence-corrected chi connectivity index (χ2v) is 3.16.